The van der Waals surface area contributed by atoms with Gasteiger partial charge in [-0.3, -0.25) is 4.79 Å². The number of aliphatic hydroxyl groups is 1. The molecule has 0 aliphatic heterocycles. The highest BCUT2D eigenvalue weighted by molar-refractivity contribution is 7.13. The molecule has 0 saturated carbocycles. The van der Waals surface area contributed by atoms with Crippen LogP contribution in [0.15, 0.2) is 47.8 Å². The molecule has 7 heteroatoms. The lowest BCUT2D eigenvalue weighted by Gasteiger charge is -2.04. The fraction of sp³-hybridized carbons (Fsp3) is 0.235. The van der Waals surface area contributed by atoms with Gasteiger partial charge < -0.3 is 10.4 Å². The topological polar surface area (TPSA) is 80.0 Å². The van der Waals surface area contributed by atoms with Crippen molar-refractivity contribution in [3.63, 3.8) is 0 Å². The van der Waals surface area contributed by atoms with E-state index >= 15 is 0 Å². The standard InChI is InChI=1S/C17H18N4O2S/c1-12(22)9-10-18-17(23)15-19-16(14-8-5-11-24-14)21(20-15)13-6-3-2-4-7-13/h2-8,11-12,22H,9-10H2,1H3,(H,18,23). The first-order valence-corrected chi connectivity index (χ1v) is 8.56. The summed E-state index contributed by atoms with van der Waals surface area (Å²) in [6.45, 7) is 2.06. The van der Waals surface area contributed by atoms with Crippen molar-refractivity contribution in [2.75, 3.05) is 6.54 Å². The smallest absolute Gasteiger partial charge is 0.290 e. The summed E-state index contributed by atoms with van der Waals surface area (Å²) in [6, 6.07) is 13.5. The van der Waals surface area contributed by atoms with E-state index in [1.54, 1.807) is 22.9 Å². The summed E-state index contributed by atoms with van der Waals surface area (Å²) in [5.41, 5.74) is 0.844. The second-order valence-electron chi connectivity index (χ2n) is 5.38. The molecule has 2 heterocycles. The third-order valence-electron chi connectivity index (χ3n) is 3.40. The minimum Gasteiger partial charge on any atom is -0.393 e. The summed E-state index contributed by atoms with van der Waals surface area (Å²) in [5.74, 6) is 0.410. The van der Waals surface area contributed by atoms with Crippen molar-refractivity contribution in [1.29, 1.82) is 0 Å². The normalized spacial score (nSPS) is 12.1. The van der Waals surface area contributed by atoms with Gasteiger partial charge in [0.25, 0.3) is 5.91 Å². The Bertz CT molecular complexity index is 797. The van der Waals surface area contributed by atoms with Crippen LogP contribution in [0.25, 0.3) is 16.4 Å². The highest BCUT2D eigenvalue weighted by atomic mass is 32.1. The van der Waals surface area contributed by atoms with Crippen LogP contribution in [0.2, 0.25) is 0 Å². The number of para-hydroxylation sites is 1. The van der Waals surface area contributed by atoms with E-state index in [4.69, 9.17) is 0 Å². The van der Waals surface area contributed by atoms with E-state index < -0.39 is 6.10 Å². The lowest BCUT2D eigenvalue weighted by molar-refractivity contribution is 0.0935. The van der Waals surface area contributed by atoms with Crippen LogP contribution < -0.4 is 5.32 Å². The van der Waals surface area contributed by atoms with Crippen LogP contribution >= 0.6 is 11.3 Å². The average molecular weight is 342 g/mol. The van der Waals surface area contributed by atoms with E-state index in [0.29, 0.717) is 18.8 Å². The molecule has 0 bridgehead atoms. The van der Waals surface area contributed by atoms with Gasteiger partial charge in [-0.1, -0.05) is 24.3 Å². The first kappa shape index (κ1) is 16.4. The number of thiophene rings is 1. The number of carbonyl (C=O) groups excluding carboxylic acids is 1. The first-order chi connectivity index (χ1) is 11.6. The van der Waals surface area contributed by atoms with Crippen molar-refractivity contribution >= 4 is 17.2 Å². The molecule has 1 unspecified atom stereocenters. The van der Waals surface area contributed by atoms with Crippen LogP contribution in [-0.2, 0) is 0 Å². The van der Waals surface area contributed by atoms with Crippen molar-refractivity contribution in [2.45, 2.75) is 19.4 Å². The molecule has 0 aliphatic rings. The van der Waals surface area contributed by atoms with Crippen LogP contribution in [0.3, 0.4) is 0 Å². The Labute approximate surface area is 143 Å². The zero-order valence-electron chi connectivity index (χ0n) is 13.2. The van der Waals surface area contributed by atoms with Crippen LogP contribution in [0, 0.1) is 0 Å². The number of carbonyl (C=O) groups is 1. The summed E-state index contributed by atoms with van der Waals surface area (Å²) in [6.07, 6.45) is 0.0324. The molecule has 0 aliphatic carbocycles. The van der Waals surface area contributed by atoms with Crippen LogP contribution in [-0.4, -0.2) is 38.4 Å². The van der Waals surface area contributed by atoms with Gasteiger partial charge in [-0.2, -0.15) is 0 Å². The molecule has 24 heavy (non-hydrogen) atoms. The quantitative estimate of drug-likeness (QED) is 0.721. The molecule has 0 saturated heterocycles. The second kappa shape index (κ2) is 7.37. The maximum absolute atomic E-state index is 12.3. The zero-order valence-corrected chi connectivity index (χ0v) is 14.0. The molecule has 1 amide bonds. The lowest BCUT2D eigenvalue weighted by Crippen LogP contribution is -2.27. The maximum Gasteiger partial charge on any atom is 0.290 e. The number of nitrogens with one attached hydrogen (secondary N) is 1. The number of amides is 1. The van der Waals surface area contributed by atoms with E-state index in [1.807, 2.05) is 47.8 Å². The fourth-order valence-electron chi connectivity index (χ4n) is 2.20. The van der Waals surface area contributed by atoms with Gasteiger partial charge in [0.05, 0.1) is 16.7 Å². The molecule has 2 N–H and O–H groups in total. The van der Waals surface area contributed by atoms with Gasteiger partial charge in [-0.05, 0) is 36.9 Å². The number of rotatable bonds is 6. The Morgan fingerprint density at radius 3 is 2.75 bits per heavy atom. The predicted octanol–water partition coefficient (Wildman–Crippen LogP) is 2.50. The highest BCUT2D eigenvalue weighted by Crippen LogP contribution is 2.25. The van der Waals surface area contributed by atoms with Crippen molar-refractivity contribution in [3.05, 3.63) is 53.7 Å². The maximum atomic E-state index is 12.3. The molecular weight excluding hydrogens is 324 g/mol. The summed E-state index contributed by atoms with van der Waals surface area (Å²) in [7, 11) is 0. The number of hydrogen-bond donors (Lipinski definition) is 2. The first-order valence-electron chi connectivity index (χ1n) is 7.68. The van der Waals surface area contributed by atoms with Gasteiger partial charge in [-0.15, -0.1) is 16.4 Å². The summed E-state index contributed by atoms with van der Waals surface area (Å²) in [4.78, 5) is 17.6. The molecule has 1 atom stereocenters. The predicted molar refractivity (Wildman–Crippen MR) is 93.3 cm³/mol. The van der Waals surface area contributed by atoms with E-state index in [2.05, 4.69) is 15.4 Å². The van der Waals surface area contributed by atoms with E-state index in [9.17, 15) is 9.90 Å². The Balaban J connectivity index is 1.91. The molecule has 2 aromatic heterocycles. The molecule has 6 nitrogen and oxygen atoms in total. The summed E-state index contributed by atoms with van der Waals surface area (Å²) in [5, 5.41) is 18.3. The Kier molecular flexibility index (Phi) is 5.02. The Morgan fingerprint density at radius 2 is 2.08 bits per heavy atom. The Hall–Kier alpha value is -2.51. The van der Waals surface area contributed by atoms with Crippen LogP contribution in [0.5, 0.6) is 0 Å². The summed E-state index contributed by atoms with van der Waals surface area (Å²) >= 11 is 1.54. The van der Waals surface area contributed by atoms with E-state index in [0.717, 1.165) is 10.6 Å². The van der Waals surface area contributed by atoms with E-state index in [1.165, 1.54) is 0 Å². The number of aliphatic hydroxyl groups excluding tert-OH is 1. The molecule has 124 valence electrons. The van der Waals surface area contributed by atoms with Gasteiger partial charge in [0.1, 0.15) is 0 Å². The summed E-state index contributed by atoms with van der Waals surface area (Å²) < 4.78 is 1.68. The van der Waals surface area contributed by atoms with Gasteiger partial charge in [0, 0.05) is 6.54 Å². The third kappa shape index (κ3) is 3.69. The molecule has 3 aromatic rings. The largest absolute Gasteiger partial charge is 0.393 e. The van der Waals surface area contributed by atoms with Crippen molar-refractivity contribution < 1.29 is 9.90 Å². The second-order valence-corrected chi connectivity index (χ2v) is 6.32. The lowest BCUT2D eigenvalue weighted by atomic mass is 10.3. The van der Waals surface area contributed by atoms with Gasteiger partial charge in [0.2, 0.25) is 5.82 Å². The zero-order chi connectivity index (χ0) is 16.9. The number of aromatic nitrogens is 3. The van der Waals surface area contributed by atoms with E-state index in [-0.39, 0.29) is 11.7 Å². The van der Waals surface area contributed by atoms with Crippen molar-refractivity contribution in [1.82, 2.24) is 20.1 Å². The SMILES string of the molecule is CC(O)CCNC(=O)c1nc(-c2cccs2)n(-c2ccccc2)n1. The number of hydrogen-bond acceptors (Lipinski definition) is 5. The van der Waals surface area contributed by atoms with Crippen molar-refractivity contribution in [2.24, 2.45) is 0 Å². The Morgan fingerprint density at radius 1 is 1.29 bits per heavy atom. The fourth-order valence-corrected chi connectivity index (χ4v) is 2.89. The number of nitrogens with zero attached hydrogens (tertiary/aromatic N) is 3. The molecule has 0 spiro atoms. The van der Waals surface area contributed by atoms with Gasteiger partial charge in [0.15, 0.2) is 5.82 Å². The number of benzene rings is 1. The van der Waals surface area contributed by atoms with Gasteiger partial charge >= 0.3 is 0 Å². The highest BCUT2D eigenvalue weighted by Gasteiger charge is 2.19. The molecular formula is C17H18N4O2S. The minimum atomic E-state index is -0.457. The third-order valence-corrected chi connectivity index (χ3v) is 4.27. The van der Waals surface area contributed by atoms with Crippen LogP contribution in [0.4, 0.5) is 0 Å². The molecule has 0 fully saturated rings. The molecule has 0 radical (unpaired) electrons. The average Bonchev–Trinajstić information content (AvgIpc) is 3.24. The van der Waals surface area contributed by atoms with Crippen LogP contribution in [0.1, 0.15) is 24.0 Å². The molecule has 1 aromatic carbocycles. The van der Waals surface area contributed by atoms with Crippen molar-refractivity contribution in [3.8, 4) is 16.4 Å². The van der Waals surface area contributed by atoms with Gasteiger partial charge in [-0.25, -0.2) is 9.67 Å². The monoisotopic (exact) mass is 342 g/mol. The molecule has 3 rings (SSSR count). The minimum absolute atomic E-state index is 0.118.